The lowest BCUT2D eigenvalue weighted by Crippen LogP contribution is -2.16. The van der Waals surface area contributed by atoms with Crippen molar-refractivity contribution in [3.63, 3.8) is 0 Å². The molecule has 0 atom stereocenters. The van der Waals surface area contributed by atoms with Crippen LogP contribution in [0, 0.1) is 0 Å². The molecule has 0 saturated heterocycles. The number of alkyl halides is 1. The van der Waals surface area contributed by atoms with E-state index in [0.717, 1.165) is 0 Å². The van der Waals surface area contributed by atoms with Crippen LogP contribution in [-0.2, 0) is 9.84 Å². The van der Waals surface area contributed by atoms with Gasteiger partial charge in [0.15, 0.2) is 21.3 Å². The molecule has 1 heterocycles. The van der Waals surface area contributed by atoms with Crippen molar-refractivity contribution in [2.45, 2.75) is 11.3 Å². The molecule has 0 bridgehead atoms. The molecule has 1 aliphatic heterocycles. The van der Waals surface area contributed by atoms with Gasteiger partial charge in [-0.05, 0) is 18.6 Å². The molecule has 94 valence electrons. The average molecular weight is 277 g/mol. The zero-order chi connectivity index (χ0) is 12.3. The van der Waals surface area contributed by atoms with E-state index in [4.69, 9.17) is 21.1 Å². The number of rotatable bonds is 4. The second-order valence-corrected chi connectivity index (χ2v) is 6.15. The van der Waals surface area contributed by atoms with E-state index in [1.54, 1.807) is 6.07 Å². The second-order valence-electron chi connectivity index (χ2n) is 3.67. The summed E-state index contributed by atoms with van der Waals surface area (Å²) >= 11 is 5.50. The summed E-state index contributed by atoms with van der Waals surface area (Å²) in [6.45, 7) is 0.934. The van der Waals surface area contributed by atoms with E-state index in [1.807, 2.05) is 0 Å². The van der Waals surface area contributed by atoms with E-state index in [9.17, 15) is 8.42 Å². The Kier molecular flexibility index (Phi) is 3.79. The van der Waals surface area contributed by atoms with Crippen molar-refractivity contribution < 1.29 is 17.9 Å². The minimum absolute atomic E-state index is 0.0517. The first-order valence-corrected chi connectivity index (χ1v) is 7.50. The number of hydrogen-bond donors (Lipinski definition) is 0. The molecule has 4 nitrogen and oxygen atoms in total. The Labute approximate surface area is 105 Å². The summed E-state index contributed by atoms with van der Waals surface area (Å²) in [5.41, 5.74) is 0. The van der Waals surface area contributed by atoms with E-state index < -0.39 is 9.84 Å². The van der Waals surface area contributed by atoms with Crippen molar-refractivity contribution in [1.29, 1.82) is 0 Å². The minimum Gasteiger partial charge on any atom is -0.486 e. The fourth-order valence-electron chi connectivity index (χ4n) is 1.58. The van der Waals surface area contributed by atoms with Crippen LogP contribution in [0.1, 0.15) is 6.42 Å². The van der Waals surface area contributed by atoms with Crippen LogP contribution in [-0.4, -0.2) is 33.3 Å². The molecule has 1 aliphatic rings. The highest BCUT2D eigenvalue weighted by Gasteiger charge is 2.18. The number of benzene rings is 1. The zero-order valence-corrected chi connectivity index (χ0v) is 10.8. The predicted molar refractivity (Wildman–Crippen MR) is 64.8 cm³/mol. The molecule has 0 radical (unpaired) electrons. The van der Waals surface area contributed by atoms with Gasteiger partial charge in [0.1, 0.15) is 13.2 Å². The number of fused-ring (bicyclic) bond motifs is 1. The molecule has 1 aromatic carbocycles. The van der Waals surface area contributed by atoms with Crippen molar-refractivity contribution in [2.75, 3.05) is 24.8 Å². The Hall–Kier alpha value is -0.940. The Morgan fingerprint density at radius 3 is 2.59 bits per heavy atom. The normalized spacial score (nSPS) is 14.6. The Balaban J connectivity index is 2.27. The van der Waals surface area contributed by atoms with Gasteiger partial charge in [0.25, 0.3) is 0 Å². The summed E-state index contributed by atoms with van der Waals surface area (Å²) in [5.74, 6) is 1.47. The van der Waals surface area contributed by atoms with E-state index in [1.165, 1.54) is 12.1 Å². The monoisotopic (exact) mass is 276 g/mol. The standard InChI is InChI=1S/C11H13ClO4S/c12-4-1-7-17(13,14)9-2-3-10-11(8-9)16-6-5-15-10/h2-3,8H,1,4-7H2. The van der Waals surface area contributed by atoms with Gasteiger partial charge in [-0.3, -0.25) is 0 Å². The summed E-state index contributed by atoms with van der Waals surface area (Å²) in [4.78, 5) is 0.256. The van der Waals surface area contributed by atoms with Gasteiger partial charge in [-0.1, -0.05) is 0 Å². The fraction of sp³-hybridized carbons (Fsp3) is 0.455. The van der Waals surface area contributed by atoms with Crippen LogP contribution in [0.25, 0.3) is 0 Å². The minimum atomic E-state index is -3.28. The fourth-order valence-corrected chi connectivity index (χ4v) is 3.19. The van der Waals surface area contributed by atoms with Gasteiger partial charge in [0, 0.05) is 11.9 Å². The molecule has 0 aromatic heterocycles. The van der Waals surface area contributed by atoms with Crippen LogP contribution in [0.3, 0.4) is 0 Å². The second kappa shape index (κ2) is 5.14. The Morgan fingerprint density at radius 1 is 1.18 bits per heavy atom. The van der Waals surface area contributed by atoms with Gasteiger partial charge in [0.05, 0.1) is 10.6 Å². The largest absolute Gasteiger partial charge is 0.486 e. The van der Waals surface area contributed by atoms with Gasteiger partial charge >= 0.3 is 0 Å². The molecule has 0 unspecified atom stereocenters. The van der Waals surface area contributed by atoms with E-state index in [0.29, 0.717) is 37.0 Å². The van der Waals surface area contributed by atoms with Gasteiger partial charge in [0.2, 0.25) is 0 Å². The first-order valence-electron chi connectivity index (χ1n) is 5.32. The van der Waals surface area contributed by atoms with Crippen LogP contribution in [0.4, 0.5) is 0 Å². The molecule has 17 heavy (non-hydrogen) atoms. The molecule has 1 aromatic rings. The smallest absolute Gasteiger partial charge is 0.178 e. The quantitative estimate of drug-likeness (QED) is 0.788. The van der Waals surface area contributed by atoms with Gasteiger partial charge in [-0.15, -0.1) is 11.6 Å². The first kappa shape index (κ1) is 12.5. The molecule has 0 amide bonds. The molecule has 6 heteroatoms. The van der Waals surface area contributed by atoms with Crippen molar-refractivity contribution in [1.82, 2.24) is 0 Å². The highest BCUT2D eigenvalue weighted by molar-refractivity contribution is 7.91. The molecule has 0 aliphatic carbocycles. The number of halogens is 1. The van der Waals surface area contributed by atoms with Crippen LogP contribution in [0.2, 0.25) is 0 Å². The van der Waals surface area contributed by atoms with Crippen LogP contribution in [0.5, 0.6) is 11.5 Å². The Bertz CT molecular complexity index is 498. The van der Waals surface area contributed by atoms with Gasteiger partial charge in [-0.2, -0.15) is 0 Å². The Morgan fingerprint density at radius 2 is 1.88 bits per heavy atom. The highest BCUT2D eigenvalue weighted by atomic mass is 35.5. The van der Waals surface area contributed by atoms with Crippen molar-refractivity contribution in [2.24, 2.45) is 0 Å². The third kappa shape index (κ3) is 2.84. The molecule has 0 fully saturated rings. The molecule has 0 spiro atoms. The molecular weight excluding hydrogens is 264 g/mol. The summed E-state index contributed by atoms with van der Waals surface area (Å²) in [6, 6.07) is 4.68. The lowest BCUT2D eigenvalue weighted by molar-refractivity contribution is 0.171. The highest BCUT2D eigenvalue weighted by Crippen LogP contribution is 2.32. The van der Waals surface area contributed by atoms with E-state index in [2.05, 4.69) is 0 Å². The number of hydrogen-bond acceptors (Lipinski definition) is 4. The number of ether oxygens (including phenoxy) is 2. The average Bonchev–Trinajstić information content (AvgIpc) is 2.36. The molecule has 0 saturated carbocycles. The lowest BCUT2D eigenvalue weighted by Gasteiger charge is -2.18. The van der Waals surface area contributed by atoms with Crippen LogP contribution in [0.15, 0.2) is 23.1 Å². The maximum atomic E-state index is 11.9. The first-order chi connectivity index (χ1) is 8.13. The third-order valence-corrected chi connectivity index (χ3v) is 4.49. The van der Waals surface area contributed by atoms with Crippen LogP contribution < -0.4 is 9.47 Å². The lowest BCUT2D eigenvalue weighted by atomic mass is 10.3. The maximum Gasteiger partial charge on any atom is 0.178 e. The van der Waals surface area contributed by atoms with Gasteiger partial charge < -0.3 is 9.47 Å². The summed E-state index contributed by atoms with van der Waals surface area (Å²) in [6.07, 6.45) is 0.443. The molecular formula is C11H13ClO4S. The SMILES string of the molecule is O=S(=O)(CCCCl)c1ccc2c(c1)OCCO2. The predicted octanol–water partition coefficient (Wildman–Crippen LogP) is 1.86. The number of sulfone groups is 1. The summed E-state index contributed by atoms with van der Waals surface area (Å²) in [5, 5.41) is 0. The van der Waals surface area contributed by atoms with E-state index in [-0.39, 0.29) is 10.6 Å². The van der Waals surface area contributed by atoms with Gasteiger partial charge in [-0.25, -0.2) is 8.42 Å². The van der Waals surface area contributed by atoms with E-state index >= 15 is 0 Å². The van der Waals surface area contributed by atoms with Crippen molar-refractivity contribution in [3.05, 3.63) is 18.2 Å². The zero-order valence-electron chi connectivity index (χ0n) is 9.19. The third-order valence-electron chi connectivity index (χ3n) is 2.42. The summed E-state index contributed by atoms with van der Waals surface area (Å²) < 4.78 is 34.5. The molecule has 0 N–H and O–H groups in total. The van der Waals surface area contributed by atoms with Crippen LogP contribution >= 0.6 is 11.6 Å². The topological polar surface area (TPSA) is 52.6 Å². The van der Waals surface area contributed by atoms with Crippen molar-refractivity contribution >= 4 is 21.4 Å². The maximum absolute atomic E-state index is 11.9. The molecule has 2 rings (SSSR count). The summed E-state index contributed by atoms with van der Waals surface area (Å²) in [7, 11) is -3.28. The van der Waals surface area contributed by atoms with Crippen molar-refractivity contribution in [3.8, 4) is 11.5 Å².